The van der Waals surface area contributed by atoms with Crippen LogP contribution in [0.2, 0.25) is 0 Å². The van der Waals surface area contributed by atoms with Crippen LogP contribution in [0.3, 0.4) is 0 Å². The quantitative estimate of drug-likeness (QED) is 0.789. The van der Waals surface area contributed by atoms with E-state index in [9.17, 15) is 14.7 Å². The zero-order chi connectivity index (χ0) is 21.5. The predicted molar refractivity (Wildman–Crippen MR) is 113 cm³/mol. The summed E-state index contributed by atoms with van der Waals surface area (Å²) in [7, 11) is 0. The van der Waals surface area contributed by atoms with Crippen LogP contribution in [0.25, 0.3) is 0 Å². The summed E-state index contributed by atoms with van der Waals surface area (Å²) in [5.41, 5.74) is 1.13. The molecule has 2 aromatic rings. The minimum Gasteiger partial charge on any atom is -0.508 e. The van der Waals surface area contributed by atoms with Crippen molar-refractivity contribution >= 4 is 11.8 Å². The molecule has 1 fully saturated rings. The van der Waals surface area contributed by atoms with Crippen LogP contribution in [0.5, 0.6) is 17.2 Å². The van der Waals surface area contributed by atoms with E-state index in [4.69, 9.17) is 9.47 Å². The van der Waals surface area contributed by atoms with Crippen LogP contribution in [0.1, 0.15) is 18.9 Å². The third kappa shape index (κ3) is 5.89. The molecular formula is C23H28N2O5. The molecular weight excluding hydrogens is 384 g/mol. The van der Waals surface area contributed by atoms with E-state index >= 15 is 0 Å². The lowest BCUT2D eigenvalue weighted by Gasteiger charge is -2.25. The van der Waals surface area contributed by atoms with E-state index in [-0.39, 0.29) is 24.2 Å². The lowest BCUT2D eigenvalue weighted by atomic mass is 10.2. The van der Waals surface area contributed by atoms with Gasteiger partial charge in [0.1, 0.15) is 17.2 Å². The fourth-order valence-corrected chi connectivity index (χ4v) is 3.29. The Kier molecular flexibility index (Phi) is 7.17. The second kappa shape index (κ2) is 10.0. The van der Waals surface area contributed by atoms with E-state index in [0.717, 1.165) is 5.56 Å². The molecule has 7 nitrogen and oxygen atoms in total. The molecule has 0 bridgehead atoms. The van der Waals surface area contributed by atoms with Crippen LogP contribution in [0, 0.1) is 6.92 Å². The van der Waals surface area contributed by atoms with E-state index in [0.29, 0.717) is 44.1 Å². The third-order valence-corrected chi connectivity index (χ3v) is 5.04. The average molecular weight is 412 g/mol. The fourth-order valence-electron chi connectivity index (χ4n) is 3.29. The van der Waals surface area contributed by atoms with E-state index in [1.54, 1.807) is 28.9 Å². The minimum absolute atomic E-state index is 0.0165. The van der Waals surface area contributed by atoms with Gasteiger partial charge >= 0.3 is 0 Å². The Morgan fingerprint density at radius 3 is 2.23 bits per heavy atom. The molecule has 2 amide bonds. The number of amides is 2. The molecule has 1 saturated heterocycles. The van der Waals surface area contributed by atoms with Crippen molar-refractivity contribution in [1.82, 2.24) is 9.80 Å². The van der Waals surface area contributed by atoms with Crippen LogP contribution in [0.15, 0.2) is 48.5 Å². The van der Waals surface area contributed by atoms with Crippen LogP contribution < -0.4 is 9.47 Å². The van der Waals surface area contributed by atoms with Crippen molar-refractivity contribution in [2.45, 2.75) is 26.4 Å². The number of phenols is 1. The van der Waals surface area contributed by atoms with Gasteiger partial charge in [0.25, 0.3) is 11.8 Å². The van der Waals surface area contributed by atoms with Gasteiger partial charge in [0.2, 0.25) is 0 Å². The zero-order valence-corrected chi connectivity index (χ0v) is 17.4. The zero-order valence-electron chi connectivity index (χ0n) is 17.4. The van der Waals surface area contributed by atoms with Crippen molar-refractivity contribution in [2.75, 3.05) is 32.8 Å². The first kappa shape index (κ1) is 21.5. The molecule has 7 heteroatoms. The van der Waals surface area contributed by atoms with Crippen molar-refractivity contribution in [3.05, 3.63) is 54.1 Å². The van der Waals surface area contributed by atoms with Gasteiger partial charge in [-0.05, 0) is 56.7 Å². The molecule has 0 spiro atoms. The van der Waals surface area contributed by atoms with Gasteiger partial charge in [0, 0.05) is 26.2 Å². The summed E-state index contributed by atoms with van der Waals surface area (Å²) in [5.74, 6) is 1.13. The van der Waals surface area contributed by atoms with Gasteiger partial charge in [-0.3, -0.25) is 9.59 Å². The summed E-state index contributed by atoms with van der Waals surface area (Å²) in [6, 6.07) is 13.8. The lowest BCUT2D eigenvalue weighted by molar-refractivity contribution is -0.138. The molecule has 1 unspecified atom stereocenters. The molecule has 1 aliphatic rings. The van der Waals surface area contributed by atoms with Crippen LogP contribution in [-0.4, -0.2) is 65.6 Å². The maximum Gasteiger partial charge on any atom is 0.263 e. The van der Waals surface area contributed by atoms with Crippen LogP contribution >= 0.6 is 0 Å². The molecule has 0 saturated carbocycles. The second-order valence-corrected chi connectivity index (χ2v) is 7.42. The van der Waals surface area contributed by atoms with Gasteiger partial charge in [-0.25, -0.2) is 0 Å². The number of benzene rings is 2. The standard InChI is InChI=1S/C23H28N2O5/c1-17-4-8-20(9-5-17)29-16-22(27)24-12-3-13-25(15-14-24)23(28)18(2)30-21-10-6-19(26)7-11-21/h4-11,18,26H,3,12-16H2,1-2H3. The first-order chi connectivity index (χ1) is 14.4. The number of hydrogen-bond acceptors (Lipinski definition) is 5. The highest BCUT2D eigenvalue weighted by Crippen LogP contribution is 2.18. The summed E-state index contributed by atoms with van der Waals surface area (Å²) in [4.78, 5) is 28.8. The maximum absolute atomic E-state index is 12.8. The number of nitrogens with zero attached hydrogens (tertiary/aromatic N) is 2. The Labute approximate surface area is 176 Å². The molecule has 0 aromatic heterocycles. The van der Waals surface area contributed by atoms with Gasteiger partial charge in [0.05, 0.1) is 0 Å². The molecule has 1 aliphatic heterocycles. The lowest BCUT2D eigenvalue weighted by Crippen LogP contribution is -2.43. The normalized spacial score (nSPS) is 15.3. The molecule has 2 aromatic carbocycles. The molecule has 1 atom stereocenters. The number of ether oxygens (including phenoxy) is 2. The van der Waals surface area contributed by atoms with Crippen molar-refractivity contribution in [3.63, 3.8) is 0 Å². The minimum atomic E-state index is -0.651. The number of aryl methyl sites for hydroxylation is 1. The van der Waals surface area contributed by atoms with Crippen molar-refractivity contribution in [2.24, 2.45) is 0 Å². The summed E-state index contributed by atoms with van der Waals surface area (Å²) < 4.78 is 11.3. The molecule has 3 rings (SSSR count). The highest BCUT2D eigenvalue weighted by Gasteiger charge is 2.26. The van der Waals surface area contributed by atoms with Gasteiger partial charge in [-0.1, -0.05) is 17.7 Å². The number of phenolic OH excluding ortho intramolecular Hbond substituents is 1. The monoisotopic (exact) mass is 412 g/mol. The third-order valence-electron chi connectivity index (χ3n) is 5.04. The van der Waals surface area contributed by atoms with Crippen molar-refractivity contribution in [3.8, 4) is 17.2 Å². The Morgan fingerprint density at radius 2 is 1.53 bits per heavy atom. The maximum atomic E-state index is 12.8. The second-order valence-electron chi connectivity index (χ2n) is 7.42. The number of rotatable bonds is 6. The van der Waals surface area contributed by atoms with Crippen LogP contribution in [0.4, 0.5) is 0 Å². The molecule has 1 heterocycles. The largest absolute Gasteiger partial charge is 0.508 e. The van der Waals surface area contributed by atoms with E-state index in [2.05, 4.69) is 0 Å². The molecule has 0 radical (unpaired) electrons. The van der Waals surface area contributed by atoms with Gasteiger partial charge in [-0.2, -0.15) is 0 Å². The Morgan fingerprint density at radius 1 is 0.933 bits per heavy atom. The summed E-state index contributed by atoms with van der Waals surface area (Å²) in [6.45, 7) is 5.77. The number of carbonyl (C=O) groups excluding carboxylic acids is 2. The van der Waals surface area contributed by atoms with Gasteiger partial charge in [0.15, 0.2) is 12.7 Å². The van der Waals surface area contributed by atoms with E-state index < -0.39 is 6.10 Å². The molecule has 30 heavy (non-hydrogen) atoms. The SMILES string of the molecule is Cc1ccc(OCC(=O)N2CCCN(C(=O)C(C)Oc3ccc(O)cc3)CC2)cc1. The first-order valence-electron chi connectivity index (χ1n) is 10.1. The summed E-state index contributed by atoms with van der Waals surface area (Å²) in [5, 5.41) is 9.35. The van der Waals surface area contributed by atoms with Crippen LogP contribution in [-0.2, 0) is 9.59 Å². The highest BCUT2D eigenvalue weighted by atomic mass is 16.5. The number of carbonyl (C=O) groups is 2. The Bertz CT molecular complexity index is 851. The first-order valence-corrected chi connectivity index (χ1v) is 10.1. The molecule has 160 valence electrons. The topological polar surface area (TPSA) is 79.3 Å². The molecule has 0 aliphatic carbocycles. The Balaban J connectivity index is 1.48. The average Bonchev–Trinajstić information content (AvgIpc) is 3.00. The highest BCUT2D eigenvalue weighted by molar-refractivity contribution is 5.81. The molecule has 1 N–H and O–H groups in total. The smallest absolute Gasteiger partial charge is 0.263 e. The van der Waals surface area contributed by atoms with Gasteiger partial charge in [-0.15, -0.1) is 0 Å². The number of aromatic hydroxyl groups is 1. The van der Waals surface area contributed by atoms with Gasteiger partial charge < -0.3 is 24.4 Å². The number of hydrogen-bond donors (Lipinski definition) is 1. The van der Waals surface area contributed by atoms with E-state index in [1.165, 1.54) is 12.1 Å². The summed E-state index contributed by atoms with van der Waals surface area (Å²) in [6.07, 6.45) is 0.0511. The summed E-state index contributed by atoms with van der Waals surface area (Å²) >= 11 is 0. The van der Waals surface area contributed by atoms with Crippen molar-refractivity contribution in [1.29, 1.82) is 0 Å². The Hall–Kier alpha value is -3.22. The predicted octanol–water partition coefficient (Wildman–Crippen LogP) is 2.61. The fraction of sp³-hybridized carbons (Fsp3) is 0.391. The van der Waals surface area contributed by atoms with E-state index in [1.807, 2.05) is 31.2 Å². The van der Waals surface area contributed by atoms with Crippen molar-refractivity contribution < 1.29 is 24.2 Å².